The second kappa shape index (κ2) is 5.96. The van der Waals surface area contributed by atoms with E-state index in [0.717, 1.165) is 37.4 Å². The molecule has 116 valence electrons. The smallest absolute Gasteiger partial charge is 0.125 e. The van der Waals surface area contributed by atoms with Crippen molar-refractivity contribution >= 4 is 5.69 Å². The first kappa shape index (κ1) is 14.8. The molecule has 2 aliphatic rings. The highest BCUT2D eigenvalue weighted by molar-refractivity contribution is 5.60. The predicted octanol–water partition coefficient (Wildman–Crippen LogP) is 3.88. The fourth-order valence-corrected chi connectivity index (χ4v) is 4.30. The number of halogens is 1. The van der Waals surface area contributed by atoms with E-state index in [1.54, 1.807) is 12.1 Å². The van der Waals surface area contributed by atoms with Gasteiger partial charge in [-0.1, -0.05) is 32.3 Å². The van der Waals surface area contributed by atoms with E-state index in [1.807, 2.05) is 6.07 Å². The van der Waals surface area contributed by atoms with Crippen molar-refractivity contribution < 1.29 is 4.39 Å². The molecular weight excluding hydrogens is 263 g/mol. The second-order valence-corrected chi connectivity index (χ2v) is 6.81. The van der Waals surface area contributed by atoms with Crippen molar-refractivity contribution in [3.05, 3.63) is 29.6 Å². The molecule has 0 spiro atoms. The molecule has 0 saturated heterocycles. The van der Waals surface area contributed by atoms with Crippen molar-refractivity contribution in [3.8, 4) is 0 Å². The fourth-order valence-electron chi connectivity index (χ4n) is 4.30. The summed E-state index contributed by atoms with van der Waals surface area (Å²) in [5, 5.41) is 0. The van der Waals surface area contributed by atoms with Crippen molar-refractivity contribution in [3.63, 3.8) is 0 Å². The molecule has 0 aromatic heterocycles. The predicted molar refractivity (Wildman–Crippen MR) is 86.1 cm³/mol. The van der Waals surface area contributed by atoms with Crippen LogP contribution in [0.4, 0.5) is 10.1 Å². The van der Waals surface area contributed by atoms with E-state index in [4.69, 9.17) is 5.73 Å². The molecule has 1 fully saturated rings. The zero-order chi connectivity index (χ0) is 14.9. The first-order valence-electron chi connectivity index (χ1n) is 8.44. The van der Waals surface area contributed by atoms with Crippen LogP contribution in [0.1, 0.15) is 51.0 Å². The molecule has 2 unspecified atom stereocenters. The molecule has 3 heteroatoms. The van der Waals surface area contributed by atoms with Crippen LogP contribution in [-0.2, 0) is 6.42 Å². The molecule has 1 aromatic carbocycles. The molecule has 2 N–H and O–H groups in total. The van der Waals surface area contributed by atoms with Crippen molar-refractivity contribution in [1.82, 2.24) is 0 Å². The Morgan fingerprint density at radius 1 is 1.33 bits per heavy atom. The highest BCUT2D eigenvalue weighted by Gasteiger charge is 2.40. The summed E-state index contributed by atoms with van der Waals surface area (Å²) >= 11 is 0. The Bertz CT molecular complexity index is 502. The second-order valence-electron chi connectivity index (χ2n) is 6.81. The van der Waals surface area contributed by atoms with Crippen molar-refractivity contribution in [2.75, 3.05) is 18.0 Å². The molecule has 0 bridgehead atoms. The summed E-state index contributed by atoms with van der Waals surface area (Å²) in [6.07, 6.45) is 8.42. The minimum atomic E-state index is -0.132. The monoisotopic (exact) mass is 290 g/mol. The quantitative estimate of drug-likeness (QED) is 0.856. The third-order valence-corrected chi connectivity index (χ3v) is 5.75. The molecule has 1 aromatic rings. The van der Waals surface area contributed by atoms with Crippen LogP contribution in [0.25, 0.3) is 0 Å². The van der Waals surface area contributed by atoms with Crippen molar-refractivity contribution in [2.24, 2.45) is 11.7 Å². The minimum Gasteiger partial charge on any atom is -0.364 e. The molecule has 0 amide bonds. The summed E-state index contributed by atoms with van der Waals surface area (Å²) < 4.78 is 13.7. The van der Waals surface area contributed by atoms with Crippen LogP contribution in [0, 0.1) is 11.7 Å². The average Bonchev–Trinajstić information content (AvgIpc) is 2.80. The van der Waals surface area contributed by atoms with E-state index in [1.165, 1.54) is 31.2 Å². The van der Waals surface area contributed by atoms with Crippen LogP contribution in [0.5, 0.6) is 0 Å². The van der Waals surface area contributed by atoms with E-state index in [-0.39, 0.29) is 11.4 Å². The van der Waals surface area contributed by atoms with Gasteiger partial charge in [0.2, 0.25) is 0 Å². The molecule has 2 nitrogen and oxygen atoms in total. The van der Waals surface area contributed by atoms with Gasteiger partial charge in [0.25, 0.3) is 0 Å². The van der Waals surface area contributed by atoms with Crippen LogP contribution in [0.3, 0.4) is 0 Å². The molecule has 1 heterocycles. The van der Waals surface area contributed by atoms with Gasteiger partial charge in [-0.25, -0.2) is 4.39 Å². The molecule has 21 heavy (non-hydrogen) atoms. The maximum atomic E-state index is 13.7. The summed E-state index contributed by atoms with van der Waals surface area (Å²) in [6, 6.07) is 5.24. The van der Waals surface area contributed by atoms with Gasteiger partial charge < -0.3 is 10.6 Å². The number of nitrogens with zero attached hydrogens (tertiary/aromatic N) is 1. The summed E-state index contributed by atoms with van der Waals surface area (Å²) in [6.45, 7) is 3.97. The van der Waals surface area contributed by atoms with Crippen LogP contribution in [0.2, 0.25) is 0 Å². The normalized spacial score (nSPS) is 29.3. The lowest BCUT2D eigenvalue weighted by atomic mass is 9.87. The number of fused-ring (bicyclic) bond motifs is 1. The van der Waals surface area contributed by atoms with Gasteiger partial charge in [0.05, 0.1) is 5.54 Å². The molecule has 1 saturated carbocycles. The topological polar surface area (TPSA) is 29.3 Å². The molecule has 2 atom stereocenters. The molecule has 1 aliphatic carbocycles. The molecule has 1 aliphatic heterocycles. The van der Waals surface area contributed by atoms with Gasteiger partial charge >= 0.3 is 0 Å². The zero-order valence-electron chi connectivity index (χ0n) is 13.1. The largest absolute Gasteiger partial charge is 0.364 e. The highest BCUT2D eigenvalue weighted by atomic mass is 19.1. The standard InChI is InChI=1S/C18H27FN2/c1-2-14-4-3-9-18(13-20,10-7-14)21-11-8-15-5-6-16(19)12-17(15)21/h5-6,12,14H,2-4,7-11,13,20H2,1H3. The third kappa shape index (κ3) is 2.68. The van der Waals surface area contributed by atoms with Gasteiger partial charge in [-0.2, -0.15) is 0 Å². The van der Waals surface area contributed by atoms with Crippen molar-refractivity contribution in [1.29, 1.82) is 0 Å². The van der Waals surface area contributed by atoms with E-state index >= 15 is 0 Å². The Labute approximate surface area is 127 Å². The number of nitrogens with two attached hydrogens (primary N) is 1. The first-order valence-corrected chi connectivity index (χ1v) is 8.44. The summed E-state index contributed by atoms with van der Waals surface area (Å²) in [5.74, 6) is 0.709. The zero-order valence-corrected chi connectivity index (χ0v) is 13.1. The third-order valence-electron chi connectivity index (χ3n) is 5.75. The van der Waals surface area contributed by atoms with Gasteiger partial charge in [-0.05, 0) is 49.3 Å². The fraction of sp³-hybridized carbons (Fsp3) is 0.667. The Balaban J connectivity index is 1.89. The minimum absolute atomic E-state index is 0.0446. The number of rotatable bonds is 3. The maximum absolute atomic E-state index is 13.7. The van der Waals surface area contributed by atoms with Gasteiger partial charge in [-0.15, -0.1) is 0 Å². The molecule has 0 radical (unpaired) electrons. The lowest BCUT2D eigenvalue weighted by molar-refractivity contribution is 0.344. The summed E-state index contributed by atoms with van der Waals surface area (Å²) in [7, 11) is 0. The van der Waals surface area contributed by atoms with Crippen LogP contribution in [0.15, 0.2) is 18.2 Å². The Kier molecular flexibility index (Phi) is 4.21. The van der Waals surface area contributed by atoms with E-state index in [0.29, 0.717) is 6.54 Å². The Morgan fingerprint density at radius 2 is 2.19 bits per heavy atom. The van der Waals surface area contributed by atoms with Gasteiger partial charge in [0, 0.05) is 18.8 Å². The number of benzene rings is 1. The summed E-state index contributed by atoms with van der Waals surface area (Å²) in [5.41, 5.74) is 8.65. The van der Waals surface area contributed by atoms with E-state index in [9.17, 15) is 4.39 Å². The first-order chi connectivity index (χ1) is 10.2. The Morgan fingerprint density at radius 3 is 2.95 bits per heavy atom. The summed E-state index contributed by atoms with van der Waals surface area (Å²) in [4.78, 5) is 2.43. The Hall–Kier alpha value is -1.09. The SMILES string of the molecule is CCC1CCCC(CN)(N2CCc3ccc(F)cc32)CC1. The number of hydrogen-bond acceptors (Lipinski definition) is 2. The average molecular weight is 290 g/mol. The molecular formula is C18H27FN2. The maximum Gasteiger partial charge on any atom is 0.125 e. The number of hydrogen-bond donors (Lipinski definition) is 1. The molecule has 3 rings (SSSR count). The van der Waals surface area contributed by atoms with E-state index in [2.05, 4.69) is 11.8 Å². The van der Waals surface area contributed by atoms with Crippen LogP contribution >= 0.6 is 0 Å². The van der Waals surface area contributed by atoms with Gasteiger partial charge in [0.15, 0.2) is 0 Å². The number of anilines is 1. The van der Waals surface area contributed by atoms with Crippen LogP contribution < -0.4 is 10.6 Å². The lowest BCUT2D eigenvalue weighted by Crippen LogP contribution is -2.53. The van der Waals surface area contributed by atoms with E-state index < -0.39 is 0 Å². The van der Waals surface area contributed by atoms with Crippen LogP contribution in [-0.4, -0.2) is 18.6 Å². The lowest BCUT2D eigenvalue weighted by Gasteiger charge is -2.43. The van der Waals surface area contributed by atoms with Gasteiger partial charge in [0.1, 0.15) is 5.82 Å². The highest BCUT2D eigenvalue weighted by Crippen LogP contribution is 2.41. The van der Waals surface area contributed by atoms with Gasteiger partial charge in [-0.3, -0.25) is 0 Å². The van der Waals surface area contributed by atoms with Crippen molar-refractivity contribution in [2.45, 2.75) is 57.4 Å².